The summed E-state index contributed by atoms with van der Waals surface area (Å²) in [6.45, 7) is 4.84. The number of para-hydroxylation sites is 1. The van der Waals surface area contributed by atoms with E-state index < -0.39 is 40.2 Å². The van der Waals surface area contributed by atoms with Crippen LogP contribution in [-0.4, -0.2) is 54.6 Å². The van der Waals surface area contributed by atoms with Gasteiger partial charge in [-0.2, -0.15) is 8.42 Å². The number of allylic oxidation sites excluding steroid dienone is 1. The highest BCUT2D eigenvalue weighted by Crippen LogP contribution is 2.28. The van der Waals surface area contributed by atoms with E-state index in [1.54, 1.807) is 50.2 Å². The number of aryl methyl sites for hydroxylation is 1. The Morgan fingerprint density at radius 2 is 1.50 bits per heavy atom. The van der Waals surface area contributed by atoms with Crippen molar-refractivity contribution in [1.29, 1.82) is 0 Å². The van der Waals surface area contributed by atoms with E-state index in [1.807, 2.05) is 43.3 Å². The van der Waals surface area contributed by atoms with Crippen LogP contribution >= 0.6 is 0 Å². The van der Waals surface area contributed by atoms with Crippen LogP contribution in [0.2, 0.25) is 0 Å². The number of rotatable bonds is 9. The molecule has 3 N–H and O–H groups in total. The molecular weight excluding hydrogens is 564 g/mol. The fourth-order valence-electron chi connectivity index (χ4n) is 3.72. The summed E-state index contributed by atoms with van der Waals surface area (Å²) in [5.41, 5.74) is 8.12. The number of hydrogen-bond donors (Lipinski definition) is 2. The first-order valence-electron chi connectivity index (χ1n) is 12.8. The molecule has 0 bridgehead atoms. The molecule has 0 aliphatic carbocycles. The summed E-state index contributed by atoms with van der Waals surface area (Å²) < 4.78 is 45.6. The van der Waals surface area contributed by atoms with Crippen molar-refractivity contribution in [2.75, 3.05) is 6.61 Å². The zero-order valence-corrected chi connectivity index (χ0v) is 24.1. The lowest BCUT2D eigenvalue weighted by atomic mass is 10.0. The van der Waals surface area contributed by atoms with Gasteiger partial charge in [-0.3, -0.25) is 14.2 Å². The molecule has 1 heterocycles. The second kappa shape index (κ2) is 14.4. The van der Waals surface area contributed by atoms with Crippen LogP contribution in [0.4, 0.5) is 0 Å². The van der Waals surface area contributed by atoms with E-state index in [0.717, 1.165) is 16.0 Å². The lowest BCUT2D eigenvalue weighted by molar-refractivity contribution is -0.187. The van der Waals surface area contributed by atoms with Gasteiger partial charge in [0.15, 0.2) is 6.61 Å². The first-order valence-corrected chi connectivity index (χ1v) is 14.2. The van der Waals surface area contributed by atoms with Gasteiger partial charge < -0.3 is 19.9 Å². The van der Waals surface area contributed by atoms with E-state index in [-0.39, 0.29) is 23.8 Å². The number of nitrogens with two attached hydrogens (primary N) is 1. The smallest absolute Gasteiger partial charge is 0.355 e. The number of amides is 1. The van der Waals surface area contributed by atoms with Crippen LogP contribution < -0.4 is 10.5 Å². The third-order valence-electron chi connectivity index (χ3n) is 5.88. The largest absolute Gasteiger partial charge is 0.482 e. The Balaban J connectivity index is 0.000000369. The number of likely N-dealkylation sites (tertiary alicyclic amines) is 1. The molecular formula is C30H32N2O9S. The fourth-order valence-corrected chi connectivity index (χ4v) is 4.20. The van der Waals surface area contributed by atoms with Gasteiger partial charge in [0, 0.05) is 0 Å². The van der Waals surface area contributed by atoms with Gasteiger partial charge in [0.1, 0.15) is 24.1 Å². The number of hydrogen-bond acceptors (Lipinski definition) is 9. The summed E-state index contributed by atoms with van der Waals surface area (Å²) in [6, 6.07) is 22.8. The maximum atomic E-state index is 12.7. The molecule has 1 aliphatic rings. The molecule has 222 valence electrons. The quantitative estimate of drug-likeness (QED) is 0.162. The second-order valence-corrected chi connectivity index (χ2v) is 10.8. The van der Waals surface area contributed by atoms with Gasteiger partial charge >= 0.3 is 11.9 Å². The normalized spacial score (nSPS) is 15.8. The van der Waals surface area contributed by atoms with Gasteiger partial charge in [0.05, 0.1) is 4.90 Å². The van der Waals surface area contributed by atoms with Gasteiger partial charge in [-0.25, -0.2) is 9.59 Å². The number of carbonyl (C=O) groups excluding carboxylic acids is 3. The van der Waals surface area contributed by atoms with E-state index >= 15 is 0 Å². The molecule has 1 amide bonds. The molecule has 12 heteroatoms. The SMILES string of the molecule is CC(C)=C(C(=O)OCc1ccccc1)N1C(=O)[C@@H](N)[C@H]1OC(=O)COc1ccccc1.Cc1ccc(S(=O)(=O)O)cc1. The Hall–Kier alpha value is -4.52. The molecule has 1 saturated heterocycles. The van der Waals surface area contributed by atoms with Crippen molar-refractivity contribution in [1.82, 2.24) is 4.90 Å². The van der Waals surface area contributed by atoms with Crippen molar-refractivity contribution in [3.63, 3.8) is 0 Å². The number of nitrogens with zero attached hydrogens (tertiary/aromatic N) is 1. The molecule has 3 aromatic rings. The molecule has 1 fully saturated rings. The molecule has 2 atom stereocenters. The number of β-lactam (4-membered cyclic amide) rings is 1. The average molecular weight is 597 g/mol. The lowest BCUT2D eigenvalue weighted by Crippen LogP contribution is -2.70. The minimum Gasteiger partial charge on any atom is -0.482 e. The molecule has 1 aliphatic heterocycles. The number of esters is 2. The monoisotopic (exact) mass is 596 g/mol. The molecule has 0 aromatic heterocycles. The highest BCUT2D eigenvalue weighted by molar-refractivity contribution is 7.85. The van der Waals surface area contributed by atoms with Crippen LogP contribution in [0.1, 0.15) is 25.0 Å². The molecule has 3 aromatic carbocycles. The van der Waals surface area contributed by atoms with E-state index in [1.165, 1.54) is 12.1 Å². The predicted octanol–water partition coefficient (Wildman–Crippen LogP) is 3.38. The van der Waals surface area contributed by atoms with Gasteiger partial charge in [0.25, 0.3) is 16.0 Å². The maximum absolute atomic E-state index is 12.7. The number of benzene rings is 3. The molecule has 0 spiro atoms. The Morgan fingerprint density at radius 1 is 0.929 bits per heavy atom. The van der Waals surface area contributed by atoms with Crippen molar-refractivity contribution < 1.29 is 41.6 Å². The molecule has 0 radical (unpaired) electrons. The van der Waals surface area contributed by atoms with Crippen molar-refractivity contribution in [2.45, 2.75) is 44.5 Å². The van der Waals surface area contributed by atoms with Crippen LogP contribution in [0.5, 0.6) is 5.75 Å². The molecule has 0 unspecified atom stereocenters. The standard InChI is InChI=1S/C23H24N2O6.C7H8O3S/c1-15(2)20(23(28)30-13-16-9-5-3-6-10-16)25-21(27)19(24)22(25)31-18(26)14-29-17-11-7-4-8-12-17;1-6-2-4-7(5-3-6)11(8,9)10/h3-12,19,22H,13-14,24H2,1-2H3;2-5H,1H3,(H,8,9,10)/t19-,22-;/m1./s1. The van der Waals surface area contributed by atoms with Gasteiger partial charge in [-0.05, 0) is 56.2 Å². The Morgan fingerprint density at radius 3 is 2.05 bits per heavy atom. The molecule has 11 nitrogen and oxygen atoms in total. The zero-order chi connectivity index (χ0) is 30.9. The third-order valence-corrected chi connectivity index (χ3v) is 6.74. The van der Waals surface area contributed by atoms with Crippen LogP contribution in [0.15, 0.2) is 101 Å². The first kappa shape index (κ1) is 32.0. The van der Waals surface area contributed by atoms with Crippen LogP contribution in [-0.2, 0) is 40.6 Å². The zero-order valence-electron chi connectivity index (χ0n) is 23.3. The van der Waals surface area contributed by atoms with E-state index in [2.05, 4.69) is 0 Å². The van der Waals surface area contributed by atoms with E-state index in [0.29, 0.717) is 11.3 Å². The minimum absolute atomic E-state index is 0.00408. The molecule has 42 heavy (non-hydrogen) atoms. The summed E-state index contributed by atoms with van der Waals surface area (Å²) in [5, 5.41) is 0. The Labute approximate surface area is 244 Å². The second-order valence-electron chi connectivity index (χ2n) is 9.41. The summed E-state index contributed by atoms with van der Waals surface area (Å²) in [4.78, 5) is 38.3. The van der Waals surface area contributed by atoms with Crippen molar-refractivity contribution in [3.05, 3.63) is 107 Å². The van der Waals surface area contributed by atoms with Crippen molar-refractivity contribution in [2.24, 2.45) is 5.73 Å². The minimum atomic E-state index is -4.02. The predicted molar refractivity (Wildman–Crippen MR) is 152 cm³/mol. The van der Waals surface area contributed by atoms with Gasteiger partial charge in [-0.15, -0.1) is 0 Å². The Bertz CT molecular complexity index is 1520. The average Bonchev–Trinajstić information content (AvgIpc) is 2.97. The maximum Gasteiger partial charge on any atom is 0.355 e. The molecule has 0 saturated carbocycles. The number of ether oxygens (including phenoxy) is 3. The van der Waals surface area contributed by atoms with E-state index in [4.69, 9.17) is 24.5 Å². The summed E-state index contributed by atoms with van der Waals surface area (Å²) >= 11 is 0. The number of carbonyl (C=O) groups is 3. The Kier molecular flexibility index (Phi) is 11.0. The van der Waals surface area contributed by atoms with Gasteiger partial charge in [0.2, 0.25) is 6.23 Å². The van der Waals surface area contributed by atoms with Crippen molar-refractivity contribution >= 4 is 28.0 Å². The van der Waals surface area contributed by atoms with Crippen molar-refractivity contribution in [3.8, 4) is 5.75 Å². The third kappa shape index (κ3) is 8.74. The van der Waals surface area contributed by atoms with Crippen LogP contribution in [0.3, 0.4) is 0 Å². The van der Waals surface area contributed by atoms with Crippen LogP contribution in [0, 0.1) is 6.92 Å². The topological polar surface area (TPSA) is 163 Å². The fraction of sp³-hybridized carbons (Fsp3) is 0.233. The van der Waals surface area contributed by atoms with Gasteiger partial charge in [-0.1, -0.05) is 66.2 Å². The van der Waals surface area contributed by atoms with Crippen LogP contribution in [0.25, 0.3) is 0 Å². The first-order chi connectivity index (χ1) is 19.9. The lowest BCUT2D eigenvalue weighted by Gasteiger charge is -2.44. The summed E-state index contributed by atoms with van der Waals surface area (Å²) in [5.74, 6) is -1.45. The summed E-state index contributed by atoms with van der Waals surface area (Å²) in [7, 11) is -4.02. The highest BCUT2D eigenvalue weighted by Gasteiger charge is 2.51. The summed E-state index contributed by atoms with van der Waals surface area (Å²) in [6.07, 6.45) is -1.12. The molecule has 4 rings (SSSR count). The highest BCUT2D eigenvalue weighted by atomic mass is 32.2. The van der Waals surface area contributed by atoms with E-state index in [9.17, 15) is 22.8 Å².